The fourth-order valence-electron chi connectivity index (χ4n) is 4.76. The second kappa shape index (κ2) is 9.48. The van der Waals surface area contributed by atoms with E-state index in [9.17, 15) is 0 Å². The summed E-state index contributed by atoms with van der Waals surface area (Å²) in [6, 6.07) is 10.5. The molecule has 1 unspecified atom stereocenters. The highest BCUT2D eigenvalue weighted by molar-refractivity contribution is 6.42. The van der Waals surface area contributed by atoms with Crippen molar-refractivity contribution in [1.29, 1.82) is 0 Å². The van der Waals surface area contributed by atoms with Crippen LogP contribution in [-0.4, -0.2) is 47.2 Å². The van der Waals surface area contributed by atoms with Crippen LogP contribution in [0.25, 0.3) is 10.9 Å². The Hall–Kier alpha value is -1.99. The number of piperidine rings is 1. The predicted octanol–water partition coefficient (Wildman–Crippen LogP) is 6.11. The maximum absolute atomic E-state index is 6.44. The van der Waals surface area contributed by atoms with Gasteiger partial charge in [-0.15, -0.1) is 12.4 Å². The minimum absolute atomic E-state index is 0. The predicted molar refractivity (Wildman–Crippen MR) is 131 cm³/mol. The Morgan fingerprint density at radius 3 is 2.44 bits per heavy atom. The Labute approximate surface area is 203 Å². The van der Waals surface area contributed by atoms with E-state index in [1.807, 2.05) is 18.2 Å². The topological polar surface area (TPSA) is 59.5 Å². The van der Waals surface area contributed by atoms with Crippen LogP contribution < -0.4 is 14.8 Å². The molecule has 1 aromatic heterocycles. The lowest BCUT2D eigenvalue weighted by Crippen LogP contribution is -2.43. The normalized spacial score (nSPS) is 22.4. The standard InChI is InChI=1S/C23H24Cl2N4O2.ClH/c1-29-14-4-5-15(29)9-16(8-14)31-22-11-20-17(10-21(22)30-2)23(27-12-26-20)28-13-3-6-18(24)19(25)7-13;/h3,6-7,10-12,14-16H,4-5,8-9H2,1-2H3,(H,26,27,28);1H/t14-,15+,16?;. The van der Waals surface area contributed by atoms with Gasteiger partial charge in [0.15, 0.2) is 11.5 Å². The third-order valence-electron chi connectivity index (χ3n) is 6.45. The summed E-state index contributed by atoms with van der Waals surface area (Å²) in [6.45, 7) is 0. The first kappa shape index (κ1) is 23.2. The van der Waals surface area contributed by atoms with Crippen LogP contribution in [0.2, 0.25) is 10.0 Å². The summed E-state index contributed by atoms with van der Waals surface area (Å²) in [5.74, 6) is 2.06. The summed E-state index contributed by atoms with van der Waals surface area (Å²) < 4.78 is 12.1. The van der Waals surface area contributed by atoms with Crippen molar-refractivity contribution in [2.75, 3.05) is 19.5 Å². The summed E-state index contributed by atoms with van der Waals surface area (Å²) in [4.78, 5) is 11.4. The molecule has 5 rings (SSSR count). The molecule has 0 aliphatic carbocycles. The number of aromatic nitrogens is 2. The smallest absolute Gasteiger partial charge is 0.163 e. The van der Waals surface area contributed by atoms with Gasteiger partial charge in [0.25, 0.3) is 0 Å². The van der Waals surface area contributed by atoms with E-state index in [1.54, 1.807) is 19.2 Å². The van der Waals surface area contributed by atoms with Crippen LogP contribution in [0.5, 0.6) is 11.5 Å². The van der Waals surface area contributed by atoms with E-state index in [0.717, 1.165) is 35.2 Å². The molecule has 170 valence electrons. The molecule has 2 fully saturated rings. The van der Waals surface area contributed by atoms with Gasteiger partial charge < -0.3 is 19.7 Å². The first-order chi connectivity index (χ1) is 15.0. The number of halogens is 3. The molecule has 0 saturated carbocycles. The van der Waals surface area contributed by atoms with E-state index < -0.39 is 0 Å². The lowest BCUT2D eigenvalue weighted by atomic mass is 10.0. The van der Waals surface area contributed by atoms with Crippen LogP contribution in [0.3, 0.4) is 0 Å². The second-order valence-electron chi connectivity index (χ2n) is 8.26. The molecule has 2 saturated heterocycles. The van der Waals surface area contributed by atoms with E-state index in [4.69, 9.17) is 32.7 Å². The molecule has 2 bridgehead atoms. The van der Waals surface area contributed by atoms with Crippen LogP contribution >= 0.6 is 35.6 Å². The van der Waals surface area contributed by atoms with Crippen molar-refractivity contribution in [1.82, 2.24) is 14.9 Å². The van der Waals surface area contributed by atoms with Gasteiger partial charge in [-0.05, 0) is 57.0 Å². The van der Waals surface area contributed by atoms with Crippen LogP contribution in [-0.2, 0) is 0 Å². The lowest BCUT2D eigenvalue weighted by Gasteiger charge is -2.36. The van der Waals surface area contributed by atoms with Crippen molar-refractivity contribution < 1.29 is 9.47 Å². The van der Waals surface area contributed by atoms with Gasteiger partial charge in [0.05, 0.1) is 22.7 Å². The zero-order valence-electron chi connectivity index (χ0n) is 17.8. The van der Waals surface area contributed by atoms with Crippen LogP contribution in [0.15, 0.2) is 36.7 Å². The number of fused-ring (bicyclic) bond motifs is 3. The molecular weight excluding hydrogens is 471 g/mol. The largest absolute Gasteiger partial charge is 0.493 e. The second-order valence-corrected chi connectivity index (χ2v) is 9.07. The molecule has 3 heterocycles. The lowest BCUT2D eigenvalue weighted by molar-refractivity contribution is 0.0644. The van der Waals surface area contributed by atoms with E-state index >= 15 is 0 Å². The Balaban J connectivity index is 0.00000245. The average Bonchev–Trinajstić information content (AvgIpc) is 2.96. The zero-order valence-corrected chi connectivity index (χ0v) is 20.2. The molecule has 2 aliphatic heterocycles. The summed E-state index contributed by atoms with van der Waals surface area (Å²) >= 11 is 12.2. The van der Waals surface area contributed by atoms with Crippen LogP contribution in [0, 0.1) is 0 Å². The summed E-state index contributed by atoms with van der Waals surface area (Å²) in [5.41, 5.74) is 1.57. The van der Waals surface area contributed by atoms with Gasteiger partial charge in [-0.1, -0.05) is 23.2 Å². The number of ether oxygens (including phenoxy) is 2. The van der Waals surface area contributed by atoms with E-state index in [-0.39, 0.29) is 18.5 Å². The van der Waals surface area contributed by atoms with Gasteiger partial charge in [-0.3, -0.25) is 0 Å². The molecule has 0 amide bonds. The molecule has 6 nitrogen and oxygen atoms in total. The van der Waals surface area contributed by atoms with Crippen molar-refractivity contribution in [2.24, 2.45) is 0 Å². The van der Waals surface area contributed by atoms with Gasteiger partial charge in [0.1, 0.15) is 18.2 Å². The zero-order chi connectivity index (χ0) is 21.5. The SMILES string of the molecule is COc1cc2c(Nc3ccc(Cl)c(Cl)c3)ncnc2cc1OC1C[C@H]2CC[C@@H](C1)N2C.Cl. The first-order valence-electron chi connectivity index (χ1n) is 10.4. The highest BCUT2D eigenvalue weighted by Gasteiger charge is 2.39. The number of rotatable bonds is 5. The maximum atomic E-state index is 6.44. The Morgan fingerprint density at radius 2 is 1.75 bits per heavy atom. The molecule has 2 aliphatic rings. The average molecular weight is 496 g/mol. The van der Waals surface area contributed by atoms with Crippen molar-refractivity contribution in [2.45, 2.75) is 43.9 Å². The number of hydrogen-bond donors (Lipinski definition) is 1. The minimum Gasteiger partial charge on any atom is -0.493 e. The molecule has 0 radical (unpaired) electrons. The quantitative estimate of drug-likeness (QED) is 0.460. The number of anilines is 2. The fourth-order valence-corrected chi connectivity index (χ4v) is 5.06. The third kappa shape index (κ3) is 4.42. The van der Waals surface area contributed by atoms with Crippen LogP contribution in [0.4, 0.5) is 11.5 Å². The Morgan fingerprint density at radius 1 is 1.00 bits per heavy atom. The maximum Gasteiger partial charge on any atom is 0.163 e. The van der Waals surface area contributed by atoms with Gasteiger partial charge >= 0.3 is 0 Å². The molecule has 3 aromatic rings. The van der Waals surface area contributed by atoms with Crippen LogP contribution in [0.1, 0.15) is 25.7 Å². The molecule has 32 heavy (non-hydrogen) atoms. The fraction of sp³-hybridized carbons (Fsp3) is 0.391. The summed E-state index contributed by atoms with van der Waals surface area (Å²) in [7, 11) is 3.89. The van der Waals surface area contributed by atoms with E-state index in [0.29, 0.717) is 33.7 Å². The number of nitrogens with one attached hydrogen (secondary N) is 1. The number of methoxy groups -OCH3 is 1. The molecule has 1 N–H and O–H groups in total. The molecule has 9 heteroatoms. The number of hydrogen-bond acceptors (Lipinski definition) is 6. The van der Waals surface area contributed by atoms with Crippen molar-refractivity contribution in [3.63, 3.8) is 0 Å². The van der Waals surface area contributed by atoms with Crippen molar-refractivity contribution >= 4 is 58.0 Å². The van der Waals surface area contributed by atoms with Gasteiger partial charge in [0, 0.05) is 29.2 Å². The Bertz CT molecular complexity index is 1120. The number of benzene rings is 2. The van der Waals surface area contributed by atoms with E-state index in [2.05, 4.69) is 27.2 Å². The molecule has 2 aromatic carbocycles. The molecule has 3 atom stereocenters. The van der Waals surface area contributed by atoms with Gasteiger partial charge in [0.2, 0.25) is 0 Å². The van der Waals surface area contributed by atoms with Crippen molar-refractivity contribution in [3.8, 4) is 11.5 Å². The highest BCUT2D eigenvalue weighted by atomic mass is 35.5. The summed E-state index contributed by atoms with van der Waals surface area (Å²) in [5, 5.41) is 5.11. The van der Waals surface area contributed by atoms with Gasteiger partial charge in [-0.25, -0.2) is 9.97 Å². The number of nitrogens with zero attached hydrogens (tertiary/aromatic N) is 3. The van der Waals surface area contributed by atoms with Crippen molar-refractivity contribution in [3.05, 3.63) is 46.7 Å². The van der Waals surface area contributed by atoms with Gasteiger partial charge in [-0.2, -0.15) is 0 Å². The molecular formula is C23H25Cl3N4O2. The first-order valence-corrected chi connectivity index (χ1v) is 11.2. The van der Waals surface area contributed by atoms with E-state index in [1.165, 1.54) is 19.2 Å². The monoisotopic (exact) mass is 494 g/mol. The summed E-state index contributed by atoms with van der Waals surface area (Å²) in [6.07, 6.45) is 6.33. The minimum atomic E-state index is 0. The highest BCUT2D eigenvalue weighted by Crippen LogP contribution is 2.40. The third-order valence-corrected chi connectivity index (χ3v) is 7.19. The molecule has 0 spiro atoms. The Kier molecular flexibility index (Phi) is 6.86.